The largest absolute Gasteiger partial charge is 0.469 e. The molecule has 11 heavy (non-hydrogen) atoms. The van der Waals surface area contributed by atoms with Crippen molar-refractivity contribution in [3.63, 3.8) is 0 Å². The molecule has 1 heterocycles. The maximum Gasteiger partial charge on any atom is 0.309 e. The van der Waals surface area contributed by atoms with E-state index in [4.69, 9.17) is 0 Å². The first kappa shape index (κ1) is 8.04. The zero-order chi connectivity index (χ0) is 8.27. The van der Waals surface area contributed by atoms with Gasteiger partial charge < -0.3 is 10.1 Å². The maximum absolute atomic E-state index is 10.9. The standard InChI is InChI=1S/C7H11NO3/c1-11-7(10)5-2-3-8-6(9)4-5/h5H,2-4H2,1H3,(H,8,9)/t5-/m0/s1. The Kier molecular flexibility index (Phi) is 2.46. The van der Waals surface area contributed by atoms with E-state index in [0.29, 0.717) is 13.0 Å². The number of rotatable bonds is 1. The highest BCUT2D eigenvalue weighted by Gasteiger charge is 2.25. The van der Waals surface area contributed by atoms with E-state index in [1.807, 2.05) is 0 Å². The lowest BCUT2D eigenvalue weighted by atomic mass is 9.98. The predicted octanol–water partition coefficient (Wildman–Crippen LogP) is -0.314. The van der Waals surface area contributed by atoms with Gasteiger partial charge in [-0.05, 0) is 6.42 Å². The predicted molar refractivity (Wildman–Crippen MR) is 37.7 cm³/mol. The number of carbonyl (C=O) groups is 2. The minimum absolute atomic E-state index is 0.0633. The highest BCUT2D eigenvalue weighted by Crippen LogP contribution is 2.13. The Morgan fingerprint density at radius 1 is 1.73 bits per heavy atom. The lowest BCUT2D eigenvalue weighted by Gasteiger charge is -2.19. The normalized spacial score (nSPS) is 24.1. The van der Waals surface area contributed by atoms with Crippen LogP contribution in [-0.4, -0.2) is 25.5 Å². The summed E-state index contributed by atoms with van der Waals surface area (Å²) in [5, 5.41) is 2.64. The van der Waals surface area contributed by atoms with Gasteiger partial charge in [-0.3, -0.25) is 9.59 Å². The second-order valence-electron chi connectivity index (χ2n) is 2.56. The van der Waals surface area contributed by atoms with Crippen LogP contribution in [0.15, 0.2) is 0 Å². The molecule has 1 fully saturated rings. The molecule has 1 N–H and O–H groups in total. The molecule has 0 spiro atoms. The fourth-order valence-corrected chi connectivity index (χ4v) is 1.15. The second-order valence-corrected chi connectivity index (χ2v) is 2.56. The minimum atomic E-state index is -0.278. The van der Waals surface area contributed by atoms with Gasteiger partial charge in [0.05, 0.1) is 13.0 Å². The third-order valence-electron chi connectivity index (χ3n) is 1.78. The van der Waals surface area contributed by atoms with Crippen molar-refractivity contribution in [1.82, 2.24) is 5.32 Å². The molecular formula is C7H11NO3. The number of nitrogens with one attached hydrogen (secondary N) is 1. The van der Waals surface area contributed by atoms with Gasteiger partial charge in [-0.15, -0.1) is 0 Å². The van der Waals surface area contributed by atoms with Crippen molar-refractivity contribution >= 4 is 11.9 Å². The van der Waals surface area contributed by atoms with Crippen molar-refractivity contribution in [2.24, 2.45) is 5.92 Å². The number of hydrogen-bond acceptors (Lipinski definition) is 3. The van der Waals surface area contributed by atoms with Crippen molar-refractivity contribution < 1.29 is 14.3 Å². The Bertz CT molecular complexity index is 179. The highest BCUT2D eigenvalue weighted by molar-refractivity contribution is 5.84. The van der Waals surface area contributed by atoms with Gasteiger partial charge >= 0.3 is 5.97 Å². The van der Waals surface area contributed by atoms with E-state index in [1.54, 1.807) is 0 Å². The van der Waals surface area contributed by atoms with Gasteiger partial charge in [0.1, 0.15) is 0 Å². The van der Waals surface area contributed by atoms with Gasteiger partial charge in [-0.2, -0.15) is 0 Å². The third kappa shape index (κ3) is 1.93. The van der Waals surface area contributed by atoms with Gasteiger partial charge in [0.2, 0.25) is 5.91 Å². The minimum Gasteiger partial charge on any atom is -0.469 e. The smallest absolute Gasteiger partial charge is 0.309 e. The summed E-state index contributed by atoms with van der Waals surface area (Å²) in [6, 6.07) is 0. The van der Waals surface area contributed by atoms with Crippen LogP contribution in [0.1, 0.15) is 12.8 Å². The van der Waals surface area contributed by atoms with Crippen LogP contribution < -0.4 is 5.32 Å². The molecular weight excluding hydrogens is 146 g/mol. The van der Waals surface area contributed by atoms with E-state index in [0.717, 1.165) is 0 Å². The molecule has 4 heteroatoms. The number of ether oxygens (including phenoxy) is 1. The first-order valence-corrected chi connectivity index (χ1v) is 3.58. The Morgan fingerprint density at radius 3 is 3.00 bits per heavy atom. The van der Waals surface area contributed by atoms with Gasteiger partial charge in [0.15, 0.2) is 0 Å². The molecule has 0 aromatic carbocycles. The molecule has 62 valence electrons. The Hall–Kier alpha value is -1.06. The van der Waals surface area contributed by atoms with Crippen molar-refractivity contribution in [2.75, 3.05) is 13.7 Å². The summed E-state index contributed by atoms with van der Waals surface area (Å²) < 4.78 is 4.52. The summed E-state index contributed by atoms with van der Waals surface area (Å²) in [7, 11) is 1.34. The van der Waals surface area contributed by atoms with Crippen LogP contribution in [0.3, 0.4) is 0 Å². The Balaban J connectivity index is 2.45. The molecule has 0 bridgehead atoms. The van der Waals surface area contributed by atoms with Crippen LogP contribution in [0.25, 0.3) is 0 Å². The number of esters is 1. The molecule has 0 aromatic rings. The van der Waals surface area contributed by atoms with E-state index >= 15 is 0 Å². The van der Waals surface area contributed by atoms with E-state index in [1.165, 1.54) is 7.11 Å². The second kappa shape index (κ2) is 3.37. The molecule has 0 radical (unpaired) electrons. The number of carbonyl (C=O) groups excluding carboxylic acids is 2. The average Bonchev–Trinajstić information content (AvgIpc) is 2.03. The molecule has 0 saturated carbocycles. The van der Waals surface area contributed by atoms with Crippen LogP contribution in [0.4, 0.5) is 0 Å². The van der Waals surface area contributed by atoms with Crippen molar-refractivity contribution in [1.29, 1.82) is 0 Å². The molecule has 1 saturated heterocycles. The van der Waals surface area contributed by atoms with Gasteiger partial charge in [-0.25, -0.2) is 0 Å². The van der Waals surface area contributed by atoms with Crippen molar-refractivity contribution in [2.45, 2.75) is 12.8 Å². The summed E-state index contributed by atoms with van der Waals surface area (Å²) in [5.41, 5.74) is 0. The van der Waals surface area contributed by atoms with Crippen molar-refractivity contribution in [3.05, 3.63) is 0 Å². The number of amides is 1. The topological polar surface area (TPSA) is 55.4 Å². The van der Waals surface area contributed by atoms with E-state index < -0.39 is 0 Å². The first-order chi connectivity index (χ1) is 5.24. The monoisotopic (exact) mass is 157 g/mol. The first-order valence-electron chi connectivity index (χ1n) is 3.58. The molecule has 0 unspecified atom stereocenters. The fraction of sp³-hybridized carbons (Fsp3) is 0.714. The zero-order valence-corrected chi connectivity index (χ0v) is 6.42. The SMILES string of the molecule is COC(=O)[C@H]1CCNC(=O)C1. The molecule has 1 aliphatic heterocycles. The third-order valence-corrected chi connectivity index (χ3v) is 1.78. The molecule has 0 aromatic heterocycles. The van der Waals surface area contributed by atoms with Crippen LogP contribution in [0.2, 0.25) is 0 Å². The maximum atomic E-state index is 10.9. The van der Waals surface area contributed by atoms with Gasteiger partial charge in [0.25, 0.3) is 0 Å². The Labute approximate surface area is 64.9 Å². The Morgan fingerprint density at radius 2 is 2.45 bits per heavy atom. The number of piperidine rings is 1. The van der Waals surface area contributed by atoms with Crippen LogP contribution >= 0.6 is 0 Å². The van der Waals surface area contributed by atoms with Gasteiger partial charge in [0, 0.05) is 13.0 Å². The molecule has 1 atom stereocenters. The van der Waals surface area contributed by atoms with Crippen LogP contribution in [-0.2, 0) is 14.3 Å². The number of methoxy groups -OCH3 is 1. The van der Waals surface area contributed by atoms with E-state index in [9.17, 15) is 9.59 Å². The van der Waals surface area contributed by atoms with Crippen LogP contribution in [0, 0.1) is 5.92 Å². The molecule has 1 rings (SSSR count). The lowest BCUT2D eigenvalue weighted by Crippen LogP contribution is -2.36. The van der Waals surface area contributed by atoms with Gasteiger partial charge in [-0.1, -0.05) is 0 Å². The number of hydrogen-bond donors (Lipinski definition) is 1. The fourth-order valence-electron chi connectivity index (χ4n) is 1.15. The summed E-state index contributed by atoms with van der Waals surface area (Å²) >= 11 is 0. The van der Waals surface area contributed by atoms with E-state index in [-0.39, 0.29) is 24.2 Å². The zero-order valence-electron chi connectivity index (χ0n) is 6.42. The van der Waals surface area contributed by atoms with E-state index in [2.05, 4.69) is 10.1 Å². The molecule has 4 nitrogen and oxygen atoms in total. The summed E-state index contributed by atoms with van der Waals surface area (Å²) in [6.45, 7) is 0.582. The molecule has 1 amide bonds. The van der Waals surface area contributed by atoms with Crippen molar-refractivity contribution in [3.8, 4) is 0 Å². The molecule has 0 aliphatic carbocycles. The summed E-state index contributed by atoms with van der Waals surface area (Å²) in [4.78, 5) is 21.7. The molecule has 1 aliphatic rings. The lowest BCUT2D eigenvalue weighted by molar-refractivity contribution is -0.148. The highest BCUT2D eigenvalue weighted by atomic mass is 16.5. The summed E-state index contributed by atoms with van der Waals surface area (Å²) in [5.74, 6) is -0.569. The quantitative estimate of drug-likeness (QED) is 0.531. The van der Waals surface area contributed by atoms with Crippen LogP contribution in [0.5, 0.6) is 0 Å². The average molecular weight is 157 g/mol. The summed E-state index contributed by atoms with van der Waals surface area (Å²) in [6.07, 6.45) is 0.963.